The zero-order chi connectivity index (χ0) is 9.99. The van der Waals surface area contributed by atoms with Gasteiger partial charge in [-0.25, -0.2) is 4.39 Å². The molecule has 12 heavy (non-hydrogen) atoms. The highest BCUT2D eigenvalue weighted by Gasteiger charge is 2.37. The summed E-state index contributed by atoms with van der Waals surface area (Å²) in [7, 11) is -1.71. The fourth-order valence-corrected chi connectivity index (χ4v) is 1.62. The monoisotopic (exact) mass is 192 g/mol. The average molecular weight is 192 g/mol. The molecule has 0 saturated heterocycles. The van der Waals surface area contributed by atoms with Crippen LogP contribution in [0.4, 0.5) is 4.39 Å². The number of halogens is 1. The van der Waals surface area contributed by atoms with Gasteiger partial charge in [0.1, 0.15) is 6.17 Å². The van der Waals surface area contributed by atoms with Crippen molar-refractivity contribution in [2.24, 2.45) is 0 Å². The molecule has 0 unspecified atom stereocenters. The maximum Gasteiger partial charge on any atom is 0.192 e. The molecule has 0 aliphatic rings. The minimum atomic E-state index is -1.71. The molecule has 0 amide bonds. The van der Waals surface area contributed by atoms with Gasteiger partial charge in [-0.3, -0.25) is 0 Å². The van der Waals surface area contributed by atoms with Crippen molar-refractivity contribution in [1.82, 2.24) is 0 Å². The second kappa shape index (κ2) is 3.88. The van der Waals surface area contributed by atoms with Crippen LogP contribution in [0.3, 0.4) is 0 Å². The highest BCUT2D eigenvalue weighted by atomic mass is 28.4. The Morgan fingerprint density at radius 2 is 1.75 bits per heavy atom. The van der Waals surface area contributed by atoms with Crippen LogP contribution in [0, 0.1) is 0 Å². The summed E-state index contributed by atoms with van der Waals surface area (Å²) in [5.74, 6) is 0. The molecule has 0 aliphatic carbocycles. The van der Waals surface area contributed by atoms with E-state index >= 15 is 0 Å². The molecule has 1 nitrogen and oxygen atoms in total. The minimum absolute atomic E-state index is 0.182. The summed E-state index contributed by atoms with van der Waals surface area (Å²) in [5, 5.41) is 0.182. The second-order valence-electron chi connectivity index (χ2n) is 4.85. The maximum atomic E-state index is 12.5. The first kappa shape index (κ1) is 12.1. The van der Waals surface area contributed by atoms with Crippen LogP contribution < -0.4 is 0 Å². The molecule has 3 heteroatoms. The molecule has 74 valence electrons. The van der Waals surface area contributed by atoms with Gasteiger partial charge in [0.15, 0.2) is 8.32 Å². The van der Waals surface area contributed by atoms with Crippen molar-refractivity contribution in [1.29, 1.82) is 0 Å². The van der Waals surface area contributed by atoms with Crippen molar-refractivity contribution >= 4 is 8.32 Å². The van der Waals surface area contributed by atoms with Crippen LogP contribution in [-0.4, -0.2) is 21.1 Å². The quantitative estimate of drug-likeness (QED) is 0.623. The van der Waals surface area contributed by atoms with Gasteiger partial charge >= 0.3 is 0 Å². The molecule has 0 radical (unpaired) electrons. The molecular weight excluding hydrogens is 171 g/mol. The molecule has 1 atom stereocenters. The zero-order valence-corrected chi connectivity index (χ0v) is 10.1. The van der Waals surface area contributed by atoms with E-state index in [1.165, 1.54) is 6.92 Å². The molecule has 0 aromatic rings. The summed E-state index contributed by atoms with van der Waals surface area (Å²) in [4.78, 5) is 0. The maximum absolute atomic E-state index is 12.5. The summed E-state index contributed by atoms with van der Waals surface area (Å²) < 4.78 is 18.1. The molecule has 0 heterocycles. The Kier molecular flexibility index (Phi) is 3.91. The Labute approximate surface area is 76.4 Å². The van der Waals surface area contributed by atoms with Gasteiger partial charge in [0.2, 0.25) is 0 Å². The smallest absolute Gasteiger partial charge is 0.192 e. The molecule has 0 fully saturated rings. The predicted molar refractivity (Wildman–Crippen MR) is 53.7 cm³/mol. The Bertz CT molecular complexity index is 138. The summed E-state index contributed by atoms with van der Waals surface area (Å²) in [5.41, 5.74) is 0. The van der Waals surface area contributed by atoms with E-state index in [2.05, 4.69) is 33.9 Å². The Balaban J connectivity index is 4.05. The van der Waals surface area contributed by atoms with Gasteiger partial charge in [0, 0.05) is 0 Å². The highest BCUT2D eigenvalue weighted by Crippen LogP contribution is 2.36. The van der Waals surface area contributed by atoms with Crippen molar-refractivity contribution in [2.45, 2.75) is 52.0 Å². The van der Waals surface area contributed by atoms with Crippen LogP contribution in [-0.2, 0) is 4.43 Å². The third-order valence-corrected chi connectivity index (χ3v) is 6.98. The van der Waals surface area contributed by atoms with E-state index in [-0.39, 0.29) is 11.6 Å². The van der Waals surface area contributed by atoms with Crippen molar-refractivity contribution < 1.29 is 8.82 Å². The van der Waals surface area contributed by atoms with Crippen LogP contribution in [0.15, 0.2) is 0 Å². The van der Waals surface area contributed by atoms with Gasteiger partial charge in [-0.15, -0.1) is 0 Å². The van der Waals surface area contributed by atoms with Crippen LogP contribution in [0.5, 0.6) is 0 Å². The van der Waals surface area contributed by atoms with Gasteiger partial charge in [-0.1, -0.05) is 20.8 Å². The Morgan fingerprint density at radius 1 is 1.33 bits per heavy atom. The van der Waals surface area contributed by atoms with E-state index in [0.29, 0.717) is 0 Å². The lowest BCUT2D eigenvalue weighted by Crippen LogP contribution is -2.41. The molecule has 0 saturated carbocycles. The number of rotatable bonds is 3. The molecule has 0 aromatic heterocycles. The SMILES string of the molecule is C[C@@H](F)CO[Si](C)(C)C(C)(C)C. The van der Waals surface area contributed by atoms with Crippen LogP contribution in [0.1, 0.15) is 27.7 Å². The topological polar surface area (TPSA) is 9.23 Å². The molecule has 0 spiro atoms. The van der Waals surface area contributed by atoms with Gasteiger partial charge in [-0.2, -0.15) is 0 Å². The van der Waals surface area contributed by atoms with Crippen molar-refractivity contribution in [3.05, 3.63) is 0 Å². The lowest BCUT2D eigenvalue weighted by atomic mass is 10.2. The summed E-state index contributed by atoms with van der Waals surface area (Å²) >= 11 is 0. The largest absolute Gasteiger partial charge is 0.414 e. The zero-order valence-electron chi connectivity index (χ0n) is 9.07. The summed E-state index contributed by atoms with van der Waals surface area (Å²) in [6.45, 7) is 12.5. The molecule has 0 N–H and O–H groups in total. The predicted octanol–water partition coefficient (Wildman–Crippen LogP) is 3.37. The van der Waals surface area contributed by atoms with Gasteiger partial charge in [-0.05, 0) is 25.1 Å². The lowest BCUT2D eigenvalue weighted by Gasteiger charge is -2.36. The Hall–Kier alpha value is 0.107. The van der Waals surface area contributed by atoms with Gasteiger partial charge < -0.3 is 4.43 Å². The third kappa shape index (κ3) is 3.67. The number of hydrogen-bond donors (Lipinski definition) is 0. The fourth-order valence-electron chi connectivity index (χ4n) is 0.540. The second-order valence-corrected chi connectivity index (χ2v) is 9.66. The normalized spacial score (nSPS) is 16.2. The Morgan fingerprint density at radius 3 is 2.00 bits per heavy atom. The molecule has 0 aliphatic heterocycles. The first-order chi connectivity index (χ1) is 5.17. The van der Waals surface area contributed by atoms with Gasteiger partial charge in [0.25, 0.3) is 0 Å². The fraction of sp³-hybridized carbons (Fsp3) is 1.00. The molecule has 0 bridgehead atoms. The van der Waals surface area contributed by atoms with E-state index in [1.807, 2.05) is 0 Å². The summed E-state index contributed by atoms with van der Waals surface area (Å²) in [6, 6.07) is 0. The van der Waals surface area contributed by atoms with E-state index < -0.39 is 14.5 Å². The third-order valence-electron chi connectivity index (χ3n) is 2.48. The highest BCUT2D eigenvalue weighted by molar-refractivity contribution is 6.74. The van der Waals surface area contributed by atoms with E-state index in [4.69, 9.17) is 4.43 Å². The van der Waals surface area contributed by atoms with Crippen molar-refractivity contribution in [2.75, 3.05) is 6.61 Å². The first-order valence-corrected chi connectivity index (χ1v) is 7.35. The van der Waals surface area contributed by atoms with E-state index in [9.17, 15) is 4.39 Å². The van der Waals surface area contributed by atoms with Crippen LogP contribution in [0.25, 0.3) is 0 Å². The van der Waals surface area contributed by atoms with Crippen molar-refractivity contribution in [3.8, 4) is 0 Å². The average Bonchev–Trinajstić information content (AvgIpc) is 1.81. The van der Waals surface area contributed by atoms with Gasteiger partial charge in [0.05, 0.1) is 6.61 Å². The molecule has 0 aromatic carbocycles. The van der Waals surface area contributed by atoms with Crippen molar-refractivity contribution in [3.63, 3.8) is 0 Å². The molecular formula is C9H21FOSi. The number of alkyl halides is 1. The van der Waals surface area contributed by atoms with Crippen LogP contribution >= 0.6 is 0 Å². The first-order valence-electron chi connectivity index (χ1n) is 4.45. The standard InChI is InChI=1S/C9H21FOSi/c1-8(10)7-11-12(5,6)9(2,3)4/h8H,7H2,1-6H3/t8-/m1/s1. The summed E-state index contributed by atoms with van der Waals surface area (Å²) in [6.07, 6.45) is -0.848. The van der Waals surface area contributed by atoms with E-state index in [1.54, 1.807) is 0 Å². The number of hydrogen-bond acceptors (Lipinski definition) is 1. The minimum Gasteiger partial charge on any atom is -0.414 e. The molecule has 0 rings (SSSR count). The van der Waals surface area contributed by atoms with E-state index in [0.717, 1.165) is 0 Å². The lowest BCUT2D eigenvalue weighted by molar-refractivity contribution is 0.194. The van der Waals surface area contributed by atoms with Crippen LogP contribution in [0.2, 0.25) is 18.1 Å².